The van der Waals surface area contributed by atoms with Crippen LogP contribution >= 0.6 is 0 Å². The van der Waals surface area contributed by atoms with Crippen molar-refractivity contribution in [1.82, 2.24) is 15.0 Å². The Hall–Kier alpha value is -7.23. The second-order valence-electron chi connectivity index (χ2n) is 18.8. The van der Waals surface area contributed by atoms with E-state index < -0.39 is 0 Å². The second-order valence-corrected chi connectivity index (χ2v) is 18.8. The smallest absolute Gasteiger partial charge is 0.164 e. The van der Waals surface area contributed by atoms with Crippen molar-refractivity contribution in [2.24, 2.45) is 23.7 Å². The number of rotatable bonds is 7. The van der Waals surface area contributed by atoms with Gasteiger partial charge in [-0.1, -0.05) is 176 Å². The molecule has 0 amide bonds. The summed E-state index contributed by atoms with van der Waals surface area (Å²) in [5.41, 5.74) is 18.4. The van der Waals surface area contributed by atoms with Crippen LogP contribution in [0.25, 0.3) is 89.8 Å². The largest absolute Gasteiger partial charge is 0.208 e. The molecule has 1 spiro atoms. The van der Waals surface area contributed by atoms with E-state index in [1.807, 2.05) is 0 Å². The molecule has 1 aromatic heterocycles. The first-order chi connectivity index (χ1) is 31.6. The summed E-state index contributed by atoms with van der Waals surface area (Å²) >= 11 is 0. The van der Waals surface area contributed by atoms with E-state index in [9.17, 15) is 0 Å². The minimum atomic E-state index is 0.0966. The molecular formula is C61H47N3. The van der Waals surface area contributed by atoms with Gasteiger partial charge >= 0.3 is 0 Å². The average molecular weight is 822 g/mol. The number of nitrogens with zero attached hydrogens (tertiary/aromatic N) is 3. The van der Waals surface area contributed by atoms with Gasteiger partial charge in [0.05, 0.1) is 0 Å². The van der Waals surface area contributed by atoms with Crippen LogP contribution in [0.3, 0.4) is 0 Å². The molecule has 0 N–H and O–H groups in total. The lowest BCUT2D eigenvalue weighted by molar-refractivity contribution is -0.0399. The maximum atomic E-state index is 5.32. The fraction of sp³-hybridized carbons (Fsp3) is 0.164. The summed E-state index contributed by atoms with van der Waals surface area (Å²) < 4.78 is 0. The lowest BCUT2D eigenvalue weighted by atomic mass is 9.43. The molecule has 1 heterocycles. The zero-order valence-corrected chi connectivity index (χ0v) is 35.7. The first kappa shape index (κ1) is 37.3. The summed E-state index contributed by atoms with van der Waals surface area (Å²) in [6, 6.07) is 72.8. The minimum Gasteiger partial charge on any atom is -0.208 e. The standard InChI is InChI=1S/C61H47N3/c1-4-12-41(13-5-1)44-20-24-46(25-21-44)58-62-59(47-26-22-45(23-27-47)42-14-6-2-7-15-42)64-60(63-58)51-36-49(43-16-8-3-9-17-43)35-50(37-51)48-28-29-55-54-18-10-11-19-56(54)61(57(55)38-48)52-31-39-30-40(33-52)34-53(61)32-39/h1-29,35-40,52-53H,30-34H2. The first-order valence-electron chi connectivity index (χ1n) is 23.2. The van der Waals surface area contributed by atoms with Crippen LogP contribution in [0.1, 0.15) is 43.2 Å². The van der Waals surface area contributed by atoms with Crippen molar-refractivity contribution in [2.45, 2.75) is 37.5 Å². The third-order valence-corrected chi connectivity index (χ3v) is 15.3. The third-order valence-electron chi connectivity index (χ3n) is 15.3. The highest BCUT2D eigenvalue weighted by molar-refractivity contribution is 5.87. The molecule has 9 aromatic rings. The van der Waals surface area contributed by atoms with Crippen molar-refractivity contribution < 1.29 is 0 Å². The third kappa shape index (κ3) is 6.13. The van der Waals surface area contributed by atoms with E-state index in [0.717, 1.165) is 45.2 Å². The van der Waals surface area contributed by atoms with Crippen LogP contribution in [0, 0.1) is 23.7 Å². The molecule has 0 unspecified atom stereocenters. The van der Waals surface area contributed by atoms with Gasteiger partial charge in [-0.05, 0) is 147 Å². The number of aromatic nitrogens is 3. The Labute approximate surface area is 375 Å². The van der Waals surface area contributed by atoms with Gasteiger partial charge in [0.25, 0.3) is 0 Å². The van der Waals surface area contributed by atoms with Crippen molar-refractivity contribution in [1.29, 1.82) is 0 Å². The van der Waals surface area contributed by atoms with Crippen LogP contribution < -0.4 is 0 Å². The highest BCUT2D eigenvalue weighted by Crippen LogP contribution is 2.69. The molecule has 0 aliphatic heterocycles. The molecule has 4 saturated carbocycles. The molecule has 8 aromatic carbocycles. The molecule has 0 atom stereocenters. The first-order valence-corrected chi connectivity index (χ1v) is 23.2. The molecule has 5 aliphatic carbocycles. The SMILES string of the molecule is c1ccc(-c2ccc(-c3nc(-c4ccc(-c5ccccc5)cc4)nc(-c4cc(-c5ccccc5)cc(-c5ccc6c(c5)C5(c7ccccc7-6)C6CC7CC(C6)CC5C7)c4)n3)cc2)cc1. The van der Waals surface area contributed by atoms with E-state index in [4.69, 9.17) is 15.0 Å². The van der Waals surface area contributed by atoms with Gasteiger partial charge in [-0.3, -0.25) is 0 Å². The number of hydrogen-bond donors (Lipinski definition) is 0. The van der Waals surface area contributed by atoms with Crippen LogP contribution in [0.4, 0.5) is 0 Å². The second kappa shape index (κ2) is 15.0. The predicted octanol–water partition coefficient (Wildman–Crippen LogP) is 15.3. The minimum absolute atomic E-state index is 0.0966. The lowest BCUT2D eigenvalue weighted by Crippen LogP contribution is -2.55. The summed E-state index contributed by atoms with van der Waals surface area (Å²) in [4.78, 5) is 15.8. The van der Waals surface area contributed by atoms with Crippen LogP contribution in [-0.2, 0) is 5.41 Å². The van der Waals surface area contributed by atoms with E-state index in [1.54, 1.807) is 11.1 Å². The molecule has 14 rings (SSSR count). The van der Waals surface area contributed by atoms with E-state index in [0.29, 0.717) is 29.3 Å². The molecule has 4 bridgehead atoms. The summed E-state index contributed by atoms with van der Waals surface area (Å²) in [6.45, 7) is 0. The number of fused-ring (bicyclic) bond motifs is 3. The van der Waals surface area contributed by atoms with Crippen molar-refractivity contribution in [3.63, 3.8) is 0 Å². The van der Waals surface area contributed by atoms with E-state index in [2.05, 4.69) is 200 Å². The van der Waals surface area contributed by atoms with Gasteiger partial charge in [0.1, 0.15) is 0 Å². The Balaban J connectivity index is 0.971. The summed E-state index contributed by atoms with van der Waals surface area (Å²) in [5.74, 6) is 5.17. The highest BCUT2D eigenvalue weighted by Gasteiger charge is 2.61. The molecule has 5 aliphatic rings. The Kier molecular flexibility index (Phi) is 8.72. The van der Waals surface area contributed by atoms with Crippen molar-refractivity contribution in [3.8, 4) is 89.8 Å². The van der Waals surface area contributed by atoms with Gasteiger partial charge in [-0.2, -0.15) is 0 Å². The van der Waals surface area contributed by atoms with Gasteiger partial charge in [0, 0.05) is 22.1 Å². The van der Waals surface area contributed by atoms with Gasteiger partial charge in [-0.25, -0.2) is 15.0 Å². The zero-order valence-electron chi connectivity index (χ0n) is 35.7. The normalized spacial score (nSPS) is 21.2. The average Bonchev–Trinajstić information content (AvgIpc) is 3.66. The maximum Gasteiger partial charge on any atom is 0.164 e. The molecule has 3 heteroatoms. The van der Waals surface area contributed by atoms with Gasteiger partial charge in [0.15, 0.2) is 17.5 Å². The van der Waals surface area contributed by atoms with Crippen LogP contribution in [0.15, 0.2) is 200 Å². The quantitative estimate of drug-likeness (QED) is 0.161. The van der Waals surface area contributed by atoms with E-state index in [1.165, 1.54) is 71.0 Å². The van der Waals surface area contributed by atoms with Crippen molar-refractivity contribution in [2.75, 3.05) is 0 Å². The fourth-order valence-corrected chi connectivity index (χ4v) is 12.7. The van der Waals surface area contributed by atoms with Crippen molar-refractivity contribution >= 4 is 0 Å². The summed E-state index contributed by atoms with van der Waals surface area (Å²) in [7, 11) is 0. The number of hydrogen-bond acceptors (Lipinski definition) is 3. The molecule has 306 valence electrons. The summed E-state index contributed by atoms with van der Waals surface area (Å²) in [6.07, 6.45) is 6.92. The Bertz CT molecular complexity index is 3060. The monoisotopic (exact) mass is 821 g/mol. The molecule has 0 saturated heterocycles. The molecule has 0 radical (unpaired) electrons. The van der Waals surface area contributed by atoms with E-state index >= 15 is 0 Å². The topological polar surface area (TPSA) is 38.7 Å². The predicted molar refractivity (Wildman–Crippen MR) is 261 cm³/mol. The highest BCUT2D eigenvalue weighted by atomic mass is 15.0. The summed E-state index contributed by atoms with van der Waals surface area (Å²) in [5, 5.41) is 0. The Morgan fingerprint density at radius 2 is 0.656 bits per heavy atom. The molecule has 64 heavy (non-hydrogen) atoms. The molecule has 3 nitrogen and oxygen atoms in total. The van der Waals surface area contributed by atoms with Gasteiger partial charge in [-0.15, -0.1) is 0 Å². The maximum absolute atomic E-state index is 5.32. The lowest BCUT2D eigenvalue weighted by Gasteiger charge is -2.61. The van der Waals surface area contributed by atoms with Crippen LogP contribution in [-0.4, -0.2) is 15.0 Å². The Morgan fingerprint density at radius 3 is 1.19 bits per heavy atom. The fourth-order valence-electron chi connectivity index (χ4n) is 12.7. The van der Waals surface area contributed by atoms with Crippen LogP contribution in [0.5, 0.6) is 0 Å². The van der Waals surface area contributed by atoms with Crippen LogP contribution in [0.2, 0.25) is 0 Å². The van der Waals surface area contributed by atoms with E-state index in [-0.39, 0.29) is 5.41 Å². The molecule has 4 fully saturated rings. The van der Waals surface area contributed by atoms with Gasteiger partial charge in [0.2, 0.25) is 0 Å². The van der Waals surface area contributed by atoms with Gasteiger partial charge < -0.3 is 0 Å². The number of benzene rings is 8. The van der Waals surface area contributed by atoms with Crippen molar-refractivity contribution in [3.05, 3.63) is 211 Å². The zero-order chi connectivity index (χ0) is 42.2. The molecular weight excluding hydrogens is 775 g/mol. The Morgan fingerprint density at radius 1 is 0.281 bits per heavy atom.